The number of amides is 1. The number of aryl methyl sites for hydroxylation is 3. The first-order valence-corrected chi connectivity index (χ1v) is 8.62. The number of nitrogens with zero attached hydrogens (tertiary/aromatic N) is 3. The van der Waals surface area contributed by atoms with Gasteiger partial charge in [0.1, 0.15) is 5.69 Å². The third-order valence-electron chi connectivity index (χ3n) is 4.24. The van der Waals surface area contributed by atoms with Gasteiger partial charge in [0.2, 0.25) is 0 Å². The first-order valence-electron chi connectivity index (χ1n) is 7.80. The smallest absolute Gasteiger partial charge is 0.270 e. The molecule has 0 saturated heterocycles. The second kappa shape index (κ2) is 5.49. The maximum Gasteiger partial charge on any atom is 0.270 e. The van der Waals surface area contributed by atoms with Crippen molar-refractivity contribution in [2.45, 2.75) is 20.4 Å². The van der Waals surface area contributed by atoms with Gasteiger partial charge in [-0.3, -0.25) is 9.20 Å². The van der Waals surface area contributed by atoms with Gasteiger partial charge in [0.15, 0.2) is 4.96 Å². The van der Waals surface area contributed by atoms with E-state index in [1.807, 2.05) is 37.7 Å². The highest BCUT2D eigenvalue weighted by molar-refractivity contribution is 7.17. The summed E-state index contributed by atoms with van der Waals surface area (Å²) < 4.78 is 3.96. The lowest BCUT2D eigenvalue weighted by Crippen LogP contribution is -2.24. The van der Waals surface area contributed by atoms with Crippen LogP contribution >= 0.6 is 11.3 Å². The molecule has 3 heterocycles. The SMILES string of the molecule is Cc1cn2c(C(=O)NCc3ccc4ccn(C)c4c3)c(C)nc2s1. The topological polar surface area (TPSA) is 51.3 Å². The predicted octanol–water partition coefficient (Wildman–Crippen LogP) is 3.43. The molecule has 0 spiro atoms. The molecule has 0 aliphatic heterocycles. The van der Waals surface area contributed by atoms with Gasteiger partial charge < -0.3 is 9.88 Å². The van der Waals surface area contributed by atoms with Crippen molar-refractivity contribution in [1.82, 2.24) is 19.3 Å². The zero-order chi connectivity index (χ0) is 16.8. The summed E-state index contributed by atoms with van der Waals surface area (Å²) in [6.45, 7) is 4.39. The number of carbonyl (C=O) groups excluding carboxylic acids is 1. The summed E-state index contributed by atoms with van der Waals surface area (Å²) in [5, 5.41) is 4.22. The van der Waals surface area contributed by atoms with Crippen LogP contribution in [-0.2, 0) is 13.6 Å². The number of rotatable bonds is 3. The lowest BCUT2D eigenvalue weighted by molar-refractivity contribution is 0.0944. The van der Waals surface area contributed by atoms with E-state index in [4.69, 9.17) is 0 Å². The van der Waals surface area contributed by atoms with Crippen LogP contribution in [-0.4, -0.2) is 19.9 Å². The van der Waals surface area contributed by atoms with Crippen molar-refractivity contribution in [2.24, 2.45) is 7.05 Å². The van der Waals surface area contributed by atoms with Gasteiger partial charge in [-0.1, -0.05) is 12.1 Å². The molecule has 6 heteroatoms. The van der Waals surface area contributed by atoms with Crippen LogP contribution in [0.2, 0.25) is 0 Å². The van der Waals surface area contributed by atoms with Crippen LogP contribution in [0.15, 0.2) is 36.7 Å². The number of hydrogen-bond acceptors (Lipinski definition) is 3. The lowest BCUT2D eigenvalue weighted by Gasteiger charge is -2.06. The van der Waals surface area contributed by atoms with Crippen LogP contribution < -0.4 is 5.32 Å². The summed E-state index contributed by atoms with van der Waals surface area (Å²) in [4.78, 5) is 19.1. The molecule has 0 saturated carbocycles. The van der Waals surface area contributed by atoms with Crippen LogP contribution in [0.4, 0.5) is 0 Å². The van der Waals surface area contributed by atoms with Crippen molar-refractivity contribution < 1.29 is 4.79 Å². The van der Waals surface area contributed by atoms with Gasteiger partial charge in [0, 0.05) is 36.4 Å². The van der Waals surface area contributed by atoms with Crippen molar-refractivity contribution in [3.8, 4) is 0 Å². The van der Waals surface area contributed by atoms with E-state index in [0.717, 1.165) is 26.6 Å². The second-order valence-electron chi connectivity index (χ2n) is 6.04. The number of fused-ring (bicyclic) bond motifs is 2. The number of carbonyl (C=O) groups is 1. The van der Waals surface area contributed by atoms with Crippen molar-refractivity contribution >= 4 is 33.1 Å². The fourth-order valence-corrected chi connectivity index (χ4v) is 3.89. The van der Waals surface area contributed by atoms with Crippen molar-refractivity contribution in [1.29, 1.82) is 0 Å². The summed E-state index contributed by atoms with van der Waals surface area (Å²) >= 11 is 1.59. The van der Waals surface area contributed by atoms with Gasteiger partial charge >= 0.3 is 0 Å². The maximum atomic E-state index is 12.6. The van der Waals surface area contributed by atoms with Crippen molar-refractivity contribution in [2.75, 3.05) is 0 Å². The molecular formula is C18H18N4OS. The zero-order valence-electron chi connectivity index (χ0n) is 13.8. The Hall–Kier alpha value is -2.60. The minimum Gasteiger partial charge on any atom is -0.351 e. The normalized spacial score (nSPS) is 11.5. The molecule has 0 bridgehead atoms. The molecule has 1 amide bonds. The molecule has 0 radical (unpaired) electrons. The summed E-state index contributed by atoms with van der Waals surface area (Å²) in [6.07, 6.45) is 4.00. The van der Waals surface area contributed by atoms with E-state index in [1.165, 1.54) is 5.39 Å². The van der Waals surface area contributed by atoms with Gasteiger partial charge in [0.25, 0.3) is 5.91 Å². The van der Waals surface area contributed by atoms with E-state index in [0.29, 0.717) is 12.2 Å². The Labute approximate surface area is 143 Å². The molecule has 0 atom stereocenters. The predicted molar refractivity (Wildman–Crippen MR) is 96.6 cm³/mol. The highest BCUT2D eigenvalue weighted by Gasteiger charge is 2.17. The summed E-state index contributed by atoms with van der Waals surface area (Å²) in [5.41, 5.74) is 3.63. The van der Waals surface area contributed by atoms with Crippen LogP contribution in [0.1, 0.15) is 26.6 Å². The molecule has 0 aliphatic rings. The first kappa shape index (κ1) is 15.0. The van der Waals surface area contributed by atoms with Gasteiger partial charge in [-0.2, -0.15) is 0 Å². The molecule has 3 aromatic heterocycles. The third kappa shape index (κ3) is 2.39. The van der Waals surface area contributed by atoms with Gasteiger partial charge in [0.05, 0.1) is 5.69 Å². The van der Waals surface area contributed by atoms with E-state index < -0.39 is 0 Å². The van der Waals surface area contributed by atoms with E-state index >= 15 is 0 Å². The summed E-state index contributed by atoms with van der Waals surface area (Å²) in [6, 6.07) is 8.34. The molecule has 1 N–H and O–H groups in total. The minimum absolute atomic E-state index is 0.0928. The Balaban J connectivity index is 1.58. The molecule has 4 rings (SSSR count). The van der Waals surface area contributed by atoms with E-state index in [2.05, 4.69) is 39.1 Å². The van der Waals surface area contributed by atoms with Gasteiger partial charge in [-0.15, -0.1) is 11.3 Å². The third-order valence-corrected chi connectivity index (χ3v) is 5.13. The average molecular weight is 338 g/mol. The van der Waals surface area contributed by atoms with E-state index in [1.54, 1.807) is 11.3 Å². The number of hydrogen-bond donors (Lipinski definition) is 1. The number of benzene rings is 1. The number of nitrogens with one attached hydrogen (secondary N) is 1. The molecule has 24 heavy (non-hydrogen) atoms. The van der Waals surface area contributed by atoms with E-state index in [9.17, 15) is 4.79 Å². The minimum atomic E-state index is -0.0928. The number of imidazole rings is 1. The van der Waals surface area contributed by atoms with Crippen molar-refractivity contribution in [3.63, 3.8) is 0 Å². The fourth-order valence-electron chi connectivity index (χ4n) is 3.02. The first-order chi connectivity index (χ1) is 11.5. The molecule has 5 nitrogen and oxygen atoms in total. The number of thiazole rings is 1. The van der Waals surface area contributed by atoms with Gasteiger partial charge in [-0.05, 0) is 36.9 Å². The number of aromatic nitrogens is 3. The summed E-state index contributed by atoms with van der Waals surface area (Å²) in [5.74, 6) is -0.0928. The molecule has 0 aliphatic carbocycles. The molecule has 122 valence electrons. The van der Waals surface area contributed by atoms with Crippen LogP contribution in [0, 0.1) is 13.8 Å². The highest BCUT2D eigenvalue weighted by atomic mass is 32.1. The summed E-state index contributed by atoms with van der Waals surface area (Å²) in [7, 11) is 2.02. The average Bonchev–Trinajstić information content (AvgIpc) is 3.17. The molecular weight excluding hydrogens is 320 g/mol. The maximum absolute atomic E-state index is 12.6. The van der Waals surface area contributed by atoms with Gasteiger partial charge in [-0.25, -0.2) is 4.98 Å². The lowest BCUT2D eigenvalue weighted by atomic mass is 10.1. The molecule has 4 aromatic rings. The molecule has 1 aromatic carbocycles. The van der Waals surface area contributed by atoms with Crippen LogP contribution in [0.25, 0.3) is 15.9 Å². The molecule has 0 fully saturated rings. The van der Waals surface area contributed by atoms with Crippen molar-refractivity contribution in [3.05, 3.63) is 58.5 Å². The standard InChI is InChI=1S/C18H18N4OS/c1-11-10-22-16(12(2)20-18(22)24-11)17(23)19-9-13-4-5-14-6-7-21(3)15(14)8-13/h4-8,10H,9H2,1-3H3,(H,19,23). The molecule has 0 unspecified atom stereocenters. The highest BCUT2D eigenvalue weighted by Crippen LogP contribution is 2.21. The Morgan fingerprint density at radius 3 is 2.96 bits per heavy atom. The fraction of sp³-hybridized carbons (Fsp3) is 0.222. The Morgan fingerprint density at radius 1 is 1.29 bits per heavy atom. The zero-order valence-corrected chi connectivity index (χ0v) is 14.6. The monoisotopic (exact) mass is 338 g/mol. The van der Waals surface area contributed by atoms with Crippen LogP contribution in [0.5, 0.6) is 0 Å². The Morgan fingerprint density at radius 2 is 2.12 bits per heavy atom. The van der Waals surface area contributed by atoms with E-state index in [-0.39, 0.29) is 5.91 Å². The van der Waals surface area contributed by atoms with Crippen LogP contribution in [0.3, 0.4) is 0 Å². The Bertz CT molecular complexity index is 1070. The Kier molecular flexibility index (Phi) is 3.42. The second-order valence-corrected chi connectivity index (χ2v) is 7.26. The quantitative estimate of drug-likeness (QED) is 0.622. The largest absolute Gasteiger partial charge is 0.351 e.